The first kappa shape index (κ1) is 18.6. The van der Waals surface area contributed by atoms with Gasteiger partial charge in [0.05, 0.1) is 5.60 Å². The summed E-state index contributed by atoms with van der Waals surface area (Å²) in [5, 5.41) is 13.3. The van der Waals surface area contributed by atoms with Gasteiger partial charge in [0.25, 0.3) is 0 Å². The Morgan fingerprint density at radius 2 is 1.75 bits per heavy atom. The largest absolute Gasteiger partial charge is 0.389 e. The van der Waals surface area contributed by atoms with Gasteiger partial charge in [-0.2, -0.15) is 0 Å². The highest BCUT2D eigenvalue weighted by molar-refractivity contribution is 5.86. The zero-order valence-corrected chi connectivity index (χ0v) is 16.3. The number of pyridine rings is 1. The van der Waals surface area contributed by atoms with E-state index in [9.17, 15) is 9.90 Å². The summed E-state index contributed by atoms with van der Waals surface area (Å²) in [5.41, 5.74) is 2.75. The highest BCUT2D eigenvalue weighted by atomic mass is 16.3. The van der Waals surface area contributed by atoms with Crippen LogP contribution in [-0.4, -0.2) is 39.6 Å². The van der Waals surface area contributed by atoms with Crippen molar-refractivity contribution in [2.45, 2.75) is 38.2 Å². The molecule has 144 valence electrons. The number of benzene rings is 2. The van der Waals surface area contributed by atoms with Crippen molar-refractivity contribution in [2.75, 3.05) is 13.1 Å². The van der Waals surface area contributed by atoms with Gasteiger partial charge in [-0.1, -0.05) is 43.3 Å². The molecule has 0 atom stereocenters. The number of aliphatic hydroxyl groups is 1. The maximum atomic E-state index is 11.8. The lowest BCUT2D eigenvalue weighted by Gasteiger charge is -2.38. The third-order valence-electron chi connectivity index (χ3n) is 5.81. The molecule has 4 heteroatoms. The van der Waals surface area contributed by atoms with Crippen molar-refractivity contribution < 1.29 is 9.90 Å². The van der Waals surface area contributed by atoms with Crippen LogP contribution in [0.1, 0.15) is 31.7 Å². The molecule has 4 rings (SSSR count). The van der Waals surface area contributed by atoms with Gasteiger partial charge >= 0.3 is 0 Å². The van der Waals surface area contributed by atoms with Gasteiger partial charge in [-0.25, -0.2) is 0 Å². The van der Waals surface area contributed by atoms with Gasteiger partial charge in [-0.3, -0.25) is 9.78 Å². The summed E-state index contributed by atoms with van der Waals surface area (Å²) in [6.45, 7) is 3.18. The predicted octanol–water partition coefficient (Wildman–Crippen LogP) is 4.21. The van der Waals surface area contributed by atoms with E-state index in [2.05, 4.69) is 47.4 Å². The van der Waals surface area contributed by atoms with Crippen LogP contribution in [0.2, 0.25) is 0 Å². The molecular weight excluding hydrogens is 348 g/mol. The van der Waals surface area contributed by atoms with E-state index >= 15 is 0 Å². The van der Waals surface area contributed by atoms with Crippen LogP contribution in [-0.2, 0) is 11.2 Å². The Morgan fingerprint density at radius 3 is 2.46 bits per heavy atom. The van der Waals surface area contributed by atoms with Gasteiger partial charge in [-0.15, -0.1) is 0 Å². The van der Waals surface area contributed by atoms with Gasteiger partial charge in [0.1, 0.15) is 0 Å². The number of hydrogen-bond donors (Lipinski definition) is 1. The normalized spacial score (nSPS) is 16.3. The molecule has 2 heterocycles. The Hall–Kier alpha value is -2.72. The Kier molecular flexibility index (Phi) is 5.14. The molecule has 2 aromatic carbocycles. The molecule has 0 saturated carbocycles. The summed E-state index contributed by atoms with van der Waals surface area (Å²) < 4.78 is 0. The van der Waals surface area contributed by atoms with Gasteiger partial charge in [-0.05, 0) is 47.1 Å². The summed E-state index contributed by atoms with van der Waals surface area (Å²) in [6.07, 6.45) is 6.13. The number of nitrogens with zero attached hydrogens (tertiary/aromatic N) is 2. The second-order valence-corrected chi connectivity index (χ2v) is 7.77. The zero-order chi connectivity index (χ0) is 19.6. The highest BCUT2D eigenvalue weighted by Crippen LogP contribution is 2.29. The quantitative estimate of drug-likeness (QED) is 0.744. The molecule has 0 aliphatic carbocycles. The molecule has 3 aromatic rings. The maximum absolute atomic E-state index is 11.8. The third-order valence-corrected chi connectivity index (χ3v) is 5.81. The fourth-order valence-electron chi connectivity index (χ4n) is 4.03. The highest BCUT2D eigenvalue weighted by Gasteiger charge is 2.33. The first-order valence-electron chi connectivity index (χ1n) is 10.00. The van der Waals surface area contributed by atoms with Crippen LogP contribution in [0.4, 0.5) is 0 Å². The molecule has 28 heavy (non-hydrogen) atoms. The molecule has 1 amide bonds. The first-order chi connectivity index (χ1) is 13.6. The fraction of sp³-hybridized carbons (Fsp3) is 0.333. The van der Waals surface area contributed by atoms with Crippen molar-refractivity contribution in [3.05, 3.63) is 66.5 Å². The lowest BCUT2D eigenvalue weighted by atomic mass is 9.85. The topological polar surface area (TPSA) is 53.4 Å². The molecule has 0 spiro atoms. The number of piperidine rings is 1. The number of carbonyl (C=O) groups excluding carboxylic acids is 1. The molecule has 1 saturated heterocycles. The summed E-state index contributed by atoms with van der Waals surface area (Å²) in [5.74, 6) is 0.178. The van der Waals surface area contributed by atoms with Crippen molar-refractivity contribution >= 4 is 16.7 Å². The van der Waals surface area contributed by atoms with Crippen molar-refractivity contribution in [1.29, 1.82) is 0 Å². The van der Waals surface area contributed by atoms with E-state index in [-0.39, 0.29) is 5.91 Å². The number of rotatable bonds is 4. The van der Waals surface area contributed by atoms with Crippen LogP contribution in [0.25, 0.3) is 21.9 Å². The predicted molar refractivity (Wildman–Crippen MR) is 112 cm³/mol. The van der Waals surface area contributed by atoms with Gasteiger partial charge in [0.2, 0.25) is 5.91 Å². The molecular formula is C24H26N2O2. The average molecular weight is 374 g/mol. The van der Waals surface area contributed by atoms with Crippen LogP contribution in [0.15, 0.2) is 60.9 Å². The number of fused-ring (bicyclic) bond motifs is 1. The Morgan fingerprint density at radius 1 is 1.04 bits per heavy atom. The molecule has 1 fully saturated rings. The minimum Gasteiger partial charge on any atom is -0.389 e. The van der Waals surface area contributed by atoms with E-state index < -0.39 is 5.60 Å². The summed E-state index contributed by atoms with van der Waals surface area (Å²) >= 11 is 0. The number of hydrogen-bond acceptors (Lipinski definition) is 3. The van der Waals surface area contributed by atoms with Crippen LogP contribution < -0.4 is 0 Å². The number of aromatic nitrogens is 1. The minimum absolute atomic E-state index is 0.178. The van der Waals surface area contributed by atoms with E-state index in [1.807, 2.05) is 30.3 Å². The monoisotopic (exact) mass is 374 g/mol. The van der Waals surface area contributed by atoms with E-state index in [1.54, 1.807) is 0 Å². The molecule has 1 N–H and O–H groups in total. The van der Waals surface area contributed by atoms with Gasteiger partial charge in [0, 0.05) is 43.7 Å². The molecule has 1 aromatic heterocycles. The van der Waals surface area contributed by atoms with E-state index in [4.69, 9.17) is 0 Å². The molecule has 0 bridgehead atoms. The summed E-state index contributed by atoms with van der Waals surface area (Å²) in [7, 11) is 0. The van der Waals surface area contributed by atoms with Crippen LogP contribution in [0, 0.1) is 0 Å². The number of amides is 1. The zero-order valence-electron chi connectivity index (χ0n) is 16.3. The van der Waals surface area contributed by atoms with Gasteiger partial charge in [0.15, 0.2) is 0 Å². The lowest BCUT2D eigenvalue weighted by molar-refractivity contribution is -0.135. The summed E-state index contributed by atoms with van der Waals surface area (Å²) in [4.78, 5) is 17.9. The van der Waals surface area contributed by atoms with Crippen molar-refractivity contribution in [2.24, 2.45) is 0 Å². The van der Waals surface area contributed by atoms with Crippen molar-refractivity contribution in [3.63, 3.8) is 0 Å². The van der Waals surface area contributed by atoms with E-state index in [1.165, 1.54) is 10.9 Å². The third kappa shape index (κ3) is 3.92. The van der Waals surface area contributed by atoms with E-state index in [0.717, 1.165) is 16.5 Å². The van der Waals surface area contributed by atoms with Crippen LogP contribution in [0.5, 0.6) is 0 Å². The fourth-order valence-corrected chi connectivity index (χ4v) is 4.03. The SMILES string of the molecule is CCC(=O)N1CCC(O)(Cc2ccc(-c3ccc4cnccc4c3)cc2)CC1. The minimum atomic E-state index is -0.720. The molecule has 0 radical (unpaired) electrons. The van der Waals surface area contributed by atoms with E-state index in [0.29, 0.717) is 38.8 Å². The standard InChI is InChI=1S/C24H26N2O2/c1-2-23(27)26-13-10-24(28,11-14-26)16-18-3-5-19(6-4-18)20-7-8-22-17-25-12-9-21(22)15-20/h3-9,12,15,17,28H,2,10-11,13-14,16H2,1H3. The molecule has 4 nitrogen and oxygen atoms in total. The molecule has 0 unspecified atom stereocenters. The number of carbonyl (C=O) groups is 1. The molecule has 1 aliphatic heterocycles. The smallest absolute Gasteiger partial charge is 0.222 e. The summed E-state index contributed by atoms with van der Waals surface area (Å²) in [6, 6.07) is 16.9. The molecule has 1 aliphatic rings. The second kappa shape index (κ2) is 7.72. The van der Waals surface area contributed by atoms with Gasteiger partial charge < -0.3 is 10.0 Å². The lowest BCUT2D eigenvalue weighted by Crippen LogP contribution is -2.47. The van der Waals surface area contributed by atoms with Crippen molar-refractivity contribution in [3.8, 4) is 11.1 Å². The Bertz CT molecular complexity index is 973. The van der Waals surface area contributed by atoms with Crippen molar-refractivity contribution in [1.82, 2.24) is 9.88 Å². The number of likely N-dealkylation sites (tertiary alicyclic amines) is 1. The maximum Gasteiger partial charge on any atom is 0.222 e. The van der Waals surface area contributed by atoms with Crippen LogP contribution in [0.3, 0.4) is 0 Å². The second-order valence-electron chi connectivity index (χ2n) is 7.77. The Balaban J connectivity index is 1.45. The first-order valence-corrected chi connectivity index (χ1v) is 10.00. The Labute approximate surface area is 165 Å². The average Bonchev–Trinajstić information content (AvgIpc) is 2.74. The van der Waals surface area contributed by atoms with Crippen LogP contribution >= 0.6 is 0 Å².